The van der Waals surface area contributed by atoms with Gasteiger partial charge in [-0.1, -0.05) is 28.0 Å². The van der Waals surface area contributed by atoms with Gasteiger partial charge in [0.2, 0.25) is 0 Å². The second-order valence-corrected chi connectivity index (χ2v) is 5.46. The molecule has 1 heterocycles. The fourth-order valence-electron chi connectivity index (χ4n) is 2.60. The van der Waals surface area contributed by atoms with E-state index in [2.05, 4.69) is 32.9 Å². The highest BCUT2D eigenvalue weighted by Crippen LogP contribution is 2.31. The summed E-state index contributed by atoms with van der Waals surface area (Å²) in [4.78, 5) is 2.36. The second-order valence-electron chi connectivity index (χ2n) is 4.54. The van der Waals surface area contributed by atoms with E-state index in [0.29, 0.717) is 6.04 Å². The number of rotatable bonds is 3. The molecule has 3 N–H and O–H groups in total. The zero-order valence-electron chi connectivity index (χ0n) is 10.4. The first-order valence-corrected chi connectivity index (χ1v) is 7.00. The predicted octanol–water partition coefficient (Wildman–Crippen LogP) is 2.92. The minimum absolute atomic E-state index is 0.160. The number of halogens is 1. The van der Waals surface area contributed by atoms with Gasteiger partial charge in [0.1, 0.15) is 0 Å². The zero-order valence-corrected chi connectivity index (χ0v) is 12.0. The number of nitrogens with two attached hydrogens (primary N) is 1. The Bertz CT molecular complexity index is 462. The van der Waals surface area contributed by atoms with Crippen molar-refractivity contribution in [1.82, 2.24) is 0 Å². The largest absolute Gasteiger partial charge is 0.409 e. The minimum Gasteiger partial charge on any atom is -0.409 e. The highest BCUT2D eigenvalue weighted by atomic mass is 79.9. The normalized spacial score (nSPS) is 20.4. The highest BCUT2D eigenvalue weighted by Gasteiger charge is 2.25. The fraction of sp³-hybridized carbons (Fsp3) is 0.462. The van der Waals surface area contributed by atoms with Crippen molar-refractivity contribution in [2.24, 2.45) is 10.9 Å². The van der Waals surface area contributed by atoms with Crippen LogP contribution in [0.5, 0.6) is 0 Å². The summed E-state index contributed by atoms with van der Waals surface area (Å²) in [5.41, 5.74) is 7.61. The van der Waals surface area contributed by atoms with E-state index in [1.807, 2.05) is 18.2 Å². The van der Waals surface area contributed by atoms with Crippen molar-refractivity contribution in [1.29, 1.82) is 0 Å². The van der Waals surface area contributed by atoms with Crippen molar-refractivity contribution in [3.8, 4) is 0 Å². The van der Waals surface area contributed by atoms with Crippen LogP contribution in [0.25, 0.3) is 0 Å². The second kappa shape index (κ2) is 5.61. The third-order valence-corrected chi connectivity index (χ3v) is 3.99. The van der Waals surface area contributed by atoms with Crippen LogP contribution in [0, 0.1) is 0 Å². The van der Waals surface area contributed by atoms with Crippen molar-refractivity contribution in [3.05, 3.63) is 28.2 Å². The molecule has 4 nitrogen and oxygen atoms in total. The lowest BCUT2D eigenvalue weighted by Crippen LogP contribution is -2.31. The van der Waals surface area contributed by atoms with E-state index in [0.717, 1.165) is 28.7 Å². The van der Waals surface area contributed by atoms with Gasteiger partial charge >= 0.3 is 0 Å². The molecular weight excluding hydrogens is 294 g/mol. The Kier molecular flexibility index (Phi) is 4.11. The lowest BCUT2D eigenvalue weighted by atomic mass is 10.1. The molecule has 0 radical (unpaired) electrons. The molecule has 18 heavy (non-hydrogen) atoms. The molecule has 1 unspecified atom stereocenters. The molecule has 0 saturated carbocycles. The summed E-state index contributed by atoms with van der Waals surface area (Å²) in [5.74, 6) is 0.160. The molecule has 0 aromatic heterocycles. The number of nitrogens with zero attached hydrogens (tertiary/aromatic N) is 2. The van der Waals surface area contributed by atoms with Crippen LogP contribution >= 0.6 is 15.9 Å². The molecule has 2 rings (SSSR count). The average molecular weight is 312 g/mol. The highest BCUT2D eigenvalue weighted by molar-refractivity contribution is 9.10. The van der Waals surface area contributed by atoms with Gasteiger partial charge in [-0.05, 0) is 37.5 Å². The van der Waals surface area contributed by atoms with Crippen molar-refractivity contribution in [3.63, 3.8) is 0 Å². The first-order chi connectivity index (χ1) is 8.67. The summed E-state index contributed by atoms with van der Waals surface area (Å²) in [7, 11) is 0. The summed E-state index contributed by atoms with van der Waals surface area (Å²) >= 11 is 3.42. The molecule has 1 saturated heterocycles. The lowest BCUT2D eigenvalue weighted by molar-refractivity contribution is 0.318. The number of oxime groups is 1. The molecule has 0 spiro atoms. The van der Waals surface area contributed by atoms with Gasteiger partial charge in [-0.3, -0.25) is 0 Å². The summed E-state index contributed by atoms with van der Waals surface area (Å²) in [6, 6.07) is 6.48. The van der Waals surface area contributed by atoms with Gasteiger partial charge in [0.15, 0.2) is 5.84 Å². The van der Waals surface area contributed by atoms with Gasteiger partial charge in [-0.15, -0.1) is 0 Å². The summed E-state index contributed by atoms with van der Waals surface area (Å²) in [6.45, 7) is 3.23. The summed E-state index contributed by atoms with van der Waals surface area (Å²) in [6.07, 6.45) is 3.53. The predicted molar refractivity (Wildman–Crippen MR) is 77.3 cm³/mol. The van der Waals surface area contributed by atoms with Crippen LogP contribution in [-0.2, 0) is 0 Å². The minimum atomic E-state index is 0.160. The Balaban J connectivity index is 2.43. The van der Waals surface area contributed by atoms with Crippen molar-refractivity contribution in [2.45, 2.75) is 32.2 Å². The first kappa shape index (κ1) is 13.2. The van der Waals surface area contributed by atoms with E-state index in [4.69, 9.17) is 10.9 Å². The number of hydrogen-bond donors (Lipinski definition) is 2. The number of amidine groups is 1. The van der Waals surface area contributed by atoms with Gasteiger partial charge in [-0.2, -0.15) is 0 Å². The van der Waals surface area contributed by atoms with E-state index in [1.165, 1.54) is 12.8 Å². The maximum absolute atomic E-state index is 8.90. The first-order valence-electron chi connectivity index (χ1n) is 6.21. The fourth-order valence-corrected chi connectivity index (χ4v) is 2.96. The third kappa shape index (κ3) is 2.46. The average Bonchev–Trinajstić information content (AvgIpc) is 2.85. The molecule has 0 amide bonds. The molecule has 1 aromatic rings. The summed E-state index contributed by atoms with van der Waals surface area (Å²) in [5, 5.41) is 12.0. The topological polar surface area (TPSA) is 61.8 Å². The SMILES string of the molecule is CCC1CCCN1c1ccc(Br)cc1/C(N)=N/O. The van der Waals surface area contributed by atoms with Crippen LogP contribution in [0.1, 0.15) is 31.7 Å². The van der Waals surface area contributed by atoms with Crippen LogP contribution in [0.2, 0.25) is 0 Å². The van der Waals surface area contributed by atoms with Crippen LogP contribution in [0.3, 0.4) is 0 Å². The lowest BCUT2D eigenvalue weighted by Gasteiger charge is -2.28. The smallest absolute Gasteiger partial charge is 0.172 e. The van der Waals surface area contributed by atoms with Gasteiger partial charge < -0.3 is 15.8 Å². The van der Waals surface area contributed by atoms with E-state index in [-0.39, 0.29) is 5.84 Å². The van der Waals surface area contributed by atoms with Gasteiger partial charge in [-0.25, -0.2) is 0 Å². The van der Waals surface area contributed by atoms with Crippen LogP contribution in [-0.4, -0.2) is 23.6 Å². The molecule has 5 heteroatoms. The standard InChI is InChI=1S/C13H18BrN3O/c1-2-10-4-3-7-17(10)12-6-5-9(14)8-11(12)13(15)16-18/h5-6,8,10,18H,2-4,7H2,1H3,(H2,15,16). The van der Waals surface area contributed by atoms with Gasteiger partial charge in [0.05, 0.1) is 0 Å². The maximum Gasteiger partial charge on any atom is 0.172 e. The van der Waals surface area contributed by atoms with Crippen molar-refractivity contribution < 1.29 is 5.21 Å². The maximum atomic E-state index is 8.90. The van der Waals surface area contributed by atoms with Crippen LogP contribution < -0.4 is 10.6 Å². The van der Waals surface area contributed by atoms with Crippen LogP contribution in [0.4, 0.5) is 5.69 Å². The van der Waals surface area contributed by atoms with E-state index >= 15 is 0 Å². The van der Waals surface area contributed by atoms with Gasteiger partial charge in [0, 0.05) is 28.3 Å². The van der Waals surface area contributed by atoms with Crippen LogP contribution in [0.15, 0.2) is 27.8 Å². The molecular formula is C13H18BrN3O. The molecule has 1 atom stereocenters. The molecule has 1 aliphatic heterocycles. The van der Waals surface area contributed by atoms with E-state index in [1.54, 1.807) is 0 Å². The van der Waals surface area contributed by atoms with Crippen molar-refractivity contribution in [2.75, 3.05) is 11.4 Å². The molecule has 98 valence electrons. The quantitative estimate of drug-likeness (QED) is 0.390. The monoisotopic (exact) mass is 311 g/mol. The Morgan fingerprint density at radius 1 is 1.61 bits per heavy atom. The van der Waals surface area contributed by atoms with Crippen molar-refractivity contribution >= 4 is 27.5 Å². The Morgan fingerprint density at radius 2 is 2.39 bits per heavy atom. The molecule has 0 aliphatic carbocycles. The summed E-state index contributed by atoms with van der Waals surface area (Å²) < 4.78 is 0.931. The Labute approximate surface area is 116 Å². The number of anilines is 1. The molecule has 1 aromatic carbocycles. The molecule has 1 fully saturated rings. The third-order valence-electron chi connectivity index (χ3n) is 3.50. The number of hydrogen-bond acceptors (Lipinski definition) is 3. The van der Waals surface area contributed by atoms with Gasteiger partial charge in [0.25, 0.3) is 0 Å². The number of benzene rings is 1. The van der Waals surface area contributed by atoms with E-state index < -0.39 is 0 Å². The zero-order chi connectivity index (χ0) is 13.1. The molecule has 0 bridgehead atoms. The Hall–Kier alpha value is -1.23. The Morgan fingerprint density at radius 3 is 3.06 bits per heavy atom. The van der Waals surface area contributed by atoms with E-state index in [9.17, 15) is 0 Å². The molecule has 1 aliphatic rings.